The number of H-pyrrole nitrogens is 1. The number of rotatable bonds is 3. The molecular formula is C19H14F4N6OS. The van der Waals surface area contributed by atoms with Crippen LogP contribution in [-0.2, 0) is 25.7 Å². The second-order valence-electron chi connectivity index (χ2n) is 7.13. The molecule has 31 heavy (non-hydrogen) atoms. The number of alkyl halides is 3. The van der Waals surface area contributed by atoms with Gasteiger partial charge in [0.05, 0.1) is 19.3 Å². The molecule has 1 aromatic carbocycles. The van der Waals surface area contributed by atoms with Gasteiger partial charge in [-0.05, 0) is 30.2 Å². The van der Waals surface area contributed by atoms with Gasteiger partial charge in [0.25, 0.3) is 0 Å². The first-order chi connectivity index (χ1) is 14.8. The Kier molecular flexibility index (Phi) is 4.54. The number of nitrogens with one attached hydrogen (secondary N) is 1. The average molecular weight is 450 g/mol. The first-order valence-electron chi connectivity index (χ1n) is 9.28. The van der Waals surface area contributed by atoms with E-state index >= 15 is 0 Å². The van der Waals surface area contributed by atoms with Crippen molar-refractivity contribution < 1.29 is 17.6 Å². The molecular weight excluding hydrogens is 436 g/mol. The molecule has 0 unspecified atom stereocenters. The van der Waals surface area contributed by atoms with E-state index in [-0.39, 0.29) is 17.2 Å². The van der Waals surface area contributed by atoms with Gasteiger partial charge in [0.2, 0.25) is 0 Å². The summed E-state index contributed by atoms with van der Waals surface area (Å²) in [5, 5.41) is 4.07. The van der Waals surface area contributed by atoms with Gasteiger partial charge in [-0.3, -0.25) is 0 Å². The first kappa shape index (κ1) is 19.7. The molecule has 160 valence electrons. The van der Waals surface area contributed by atoms with Crippen LogP contribution in [0, 0.1) is 5.82 Å². The van der Waals surface area contributed by atoms with Crippen LogP contribution in [0.5, 0.6) is 0 Å². The lowest BCUT2D eigenvalue weighted by molar-refractivity contribution is -0.137. The van der Waals surface area contributed by atoms with Crippen LogP contribution in [0.4, 0.5) is 23.4 Å². The van der Waals surface area contributed by atoms with E-state index in [0.29, 0.717) is 36.7 Å². The molecule has 0 aliphatic carbocycles. The summed E-state index contributed by atoms with van der Waals surface area (Å²) in [6.07, 6.45) is -1.33. The summed E-state index contributed by atoms with van der Waals surface area (Å²) in [4.78, 5) is 25.1. The zero-order chi connectivity index (χ0) is 21.8. The van der Waals surface area contributed by atoms with Crippen LogP contribution < -0.4 is 10.6 Å². The third-order valence-corrected chi connectivity index (χ3v) is 6.13. The van der Waals surface area contributed by atoms with E-state index < -0.39 is 16.9 Å². The van der Waals surface area contributed by atoms with Crippen molar-refractivity contribution in [3.05, 3.63) is 68.0 Å². The quantitative estimate of drug-likeness (QED) is 0.485. The summed E-state index contributed by atoms with van der Waals surface area (Å²) in [6.45, 7) is 0.907. The van der Waals surface area contributed by atoms with Gasteiger partial charge in [-0.15, -0.1) is 11.3 Å². The van der Waals surface area contributed by atoms with Crippen LogP contribution in [0.1, 0.15) is 21.1 Å². The van der Waals surface area contributed by atoms with E-state index in [0.717, 1.165) is 33.0 Å². The van der Waals surface area contributed by atoms with Gasteiger partial charge in [0.15, 0.2) is 10.8 Å². The molecule has 0 spiro atoms. The Labute approximate surface area is 176 Å². The lowest BCUT2D eigenvalue weighted by Gasteiger charge is -2.27. The van der Waals surface area contributed by atoms with Gasteiger partial charge in [-0.1, -0.05) is 0 Å². The van der Waals surface area contributed by atoms with Crippen molar-refractivity contribution in [3.8, 4) is 0 Å². The second-order valence-corrected chi connectivity index (χ2v) is 8.24. The van der Waals surface area contributed by atoms with Crippen LogP contribution >= 0.6 is 11.3 Å². The van der Waals surface area contributed by atoms with Crippen molar-refractivity contribution >= 4 is 28.1 Å². The molecule has 0 saturated carbocycles. The summed E-state index contributed by atoms with van der Waals surface area (Å²) in [5.74, 6) is 0.0535. The minimum atomic E-state index is -4.52. The second kappa shape index (κ2) is 7.15. The number of benzene rings is 1. The average Bonchev–Trinajstić information content (AvgIpc) is 3.32. The number of nitrogens with zero attached hydrogens (tertiary/aromatic N) is 5. The summed E-state index contributed by atoms with van der Waals surface area (Å²) in [7, 11) is 0. The zero-order valence-electron chi connectivity index (χ0n) is 15.8. The molecule has 1 aliphatic heterocycles. The molecule has 3 aromatic heterocycles. The number of aromatic nitrogens is 5. The van der Waals surface area contributed by atoms with Gasteiger partial charge in [0, 0.05) is 34.2 Å². The third kappa shape index (κ3) is 3.67. The minimum Gasteiger partial charge on any atom is -0.357 e. The molecule has 0 saturated heterocycles. The molecule has 0 radical (unpaired) electrons. The van der Waals surface area contributed by atoms with Crippen molar-refractivity contribution in [1.29, 1.82) is 0 Å². The highest BCUT2D eigenvalue weighted by molar-refractivity contribution is 7.11. The normalized spacial score (nSPS) is 14.3. The van der Waals surface area contributed by atoms with E-state index in [9.17, 15) is 22.4 Å². The molecule has 5 rings (SSSR count). The molecule has 0 amide bonds. The van der Waals surface area contributed by atoms with Crippen LogP contribution in [-0.4, -0.2) is 31.3 Å². The molecule has 0 fully saturated rings. The fourth-order valence-electron chi connectivity index (χ4n) is 3.69. The highest BCUT2D eigenvalue weighted by Gasteiger charge is 2.34. The molecule has 1 aliphatic rings. The highest BCUT2D eigenvalue weighted by atomic mass is 32.1. The molecule has 4 heterocycles. The molecule has 1 N–H and O–H groups in total. The van der Waals surface area contributed by atoms with E-state index in [1.807, 2.05) is 4.90 Å². The maximum absolute atomic E-state index is 13.5. The Balaban J connectivity index is 1.36. The molecule has 0 atom stereocenters. The van der Waals surface area contributed by atoms with Crippen LogP contribution in [0.2, 0.25) is 0 Å². The zero-order valence-corrected chi connectivity index (χ0v) is 16.6. The van der Waals surface area contributed by atoms with Crippen molar-refractivity contribution in [2.75, 3.05) is 11.4 Å². The minimum absolute atomic E-state index is 0.141. The smallest absolute Gasteiger partial charge is 0.357 e. The van der Waals surface area contributed by atoms with Gasteiger partial charge in [-0.25, -0.2) is 18.9 Å². The molecule has 0 bridgehead atoms. The largest absolute Gasteiger partial charge is 0.443 e. The number of thiazole rings is 1. The van der Waals surface area contributed by atoms with Crippen LogP contribution in [0.3, 0.4) is 0 Å². The van der Waals surface area contributed by atoms with Crippen molar-refractivity contribution in [2.24, 2.45) is 0 Å². The van der Waals surface area contributed by atoms with E-state index in [1.165, 1.54) is 18.3 Å². The number of aromatic amines is 1. The standard InChI is InChI=1S/C19H14F4N6OS/c20-10-1-2-12-13-3-4-28(9-15(13)26-14(12)5-10)16-7-25-29(18(30)27-16)8-11-6-24-17(31-11)19(21,22)23/h1-2,5-7,26H,3-4,8-9H2. The number of fused-ring (bicyclic) bond motifs is 3. The number of halogens is 4. The maximum atomic E-state index is 13.5. The topological polar surface area (TPSA) is 79.7 Å². The van der Waals surface area contributed by atoms with Gasteiger partial charge in [0.1, 0.15) is 5.82 Å². The summed E-state index contributed by atoms with van der Waals surface area (Å²) in [5.41, 5.74) is 2.08. The molecule has 4 aromatic rings. The van der Waals surface area contributed by atoms with E-state index in [1.54, 1.807) is 6.07 Å². The van der Waals surface area contributed by atoms with Crippen LogP contribution in [0.25, 0.3) is 10.9 Å². The van der Waals surface area contributed by atoms with Gasteiger partial charge < -0.3 is 9.88 Å². The highest BCUT2D eigenvalue weighted by Crippen LogP contribution is 2.32. The Hall–Kier alpha value is -3.28. The SMILES string of the molecule is O=c1nc(N2CCc3c([nH]c4cc(F)ccc34)C2)cnn1Cc1cnc(C(F)(F)F)s1. The fraction of sp³-hybridized carbons (Fsp3) is 0.263. The van der Waals surface area contributed by atoms with E-state index in [2.05, 4.69) is 20.1 Å². The molecule has 7 nitrogen and oxygen atoms in total. The maximum Gasteiger partial charge on any atom is 0.443 e. The number of anilines is 1. The molecule has 12 heteroatoms. The Morgan fingerprint density at radius 2 is 2.06 bits per heavy atom. The number of hydrogen-bond acceptors (Lipinski definition) is 6. The summed E-state index contributed by atoms with van der Waals surface area (Å²) >= 11 is 0.466. The lowest BCUT2D eigenvalue weighted by Crippen LogP contribution is -2.34. The van der Waals surface area contributed by atoms with Gasteiger partial charge in [-0.2, -0.15) is 23.3 Å². The predicted octanol–water partition coefficient (Wildman–Crippen LogP) is 3.35. The summed E-state index contributed by atoms with van der Waals surface area (Å²) in [6, 6.07) is 4.62. The fourth-order valence-corrected chi connectivity index (χ4v) is 4.45. The Morgan fingerprint density at radius 1 is 1.23 bits per heavy atom. The number of hydrogen-bond donors (Lipinski definition) is 1. The Bertz CT molecular complexity index is 1340. The summed E-state index contributed by atoms with van der Waals surface area (Å²) < 4.78 is 52.6. The van der Waals surface area contributed by atoms with Crippen molar-refractivity contribution in [1.82, 2.24) is 24.7 Å². The van der Waals surface area contributed by atoms with Crippen molar-refractivity contribution in [2.45, 2.75) is 25.7 Å². The lowest BCUT2D eigenvalue weighted by atomic mass is 10.0. The van der Waals surface area contributed by atoms with Gasteiger partial charge >= 0.3 is 11.9 Å². The van der Waals surface area contributed by atoms with Crippen LogP contribution in [0.15, 0.2) is 35.4 Å². The predicted molar refractivity (Wildman–Crippen MR) is 106 cm³/mol. The van der Waals surface area contributed by atoms with Crippen molar-refractivity contribution in [3.63, 3.8) is 0 Å². The first-order valence-corrected chi connectivity index (χ1v) is 10.1. The Morgan fingerprint density at radius 3 is 2.81 bits per heavy atom. The third-order valence-electron chi connectivity index (χ3n) is 5.11. The van der Waals surface area contributed by atoms with E-state index in [4.69, 9.17) is 0 Å². The monoisotopic (exact) mass is 450 g/mol.